The number of carbonyl (C=O) groups is 1. The third-order valence-corrected chi connectivity index (χ3v) is 6.72. The molecule has 1 fully saturated rings. The van der Waals surface area contributed by atoms with Gasteiger partial charge in [0.05, 0.1) is 31.9 Å². The summed E-state index contributed by atoms with van der Waals surface area (Å²) in [5.74, 6) is 2.78. The number of ether oxygens (including phenoxy) is 2. The molecule has 1 aromatic carbocycles. The van der Waals surface area contributed by atoms with Crippen molar-refractivity contribution in [1.82, 2.24) is 19.7 Å². The molecule has 0 aliphatic carbocycles. The van der Waals surface area contributed by atoms with Gasteiger partial charge in [-0.1, -0.05) is 11.8 Å². The molecule has 1 amide bonds. The van der Waals surface area contributed by atoms with Gasteiger partial charge in [0.2, 0.25) is 11.7 Å². The van der Waals surface area contributed by atoms with E-state index < -0.39 is 0 Å². The smallest absolute Gasteiger partial charge is 0.233 e. The molecule has 8 nitrogen and oxygen atoms in total. The number of piperidine rings is 1. The number of hydrogen-bond donors (Lipinski definition) is 0. The van der Waals surface area contributed by atoms with Gasteiger partial charge in [-0.15, -0.1) is 10.2 Å². The van der Waals surface area contributed by atoms with E-state index in [1.165, 1.54) is 11.8 Å². The van der Waals surface area contributed by atoms with E-state index in [1.807, 2.05) is 33.7 Å². The summed E-state index contributed by atoms with van der Waals surface area (Å²) in [6.45, 7) is 4.24. The van der Waals surface area contributed by atoms with Crippen LogP contribution in [0.25, 0.3) is 17.3 Å². The number of nitrogens with zero attached hydrogens (tertiary/aromatic N) is 4. The number of furan rings is 1. The van der Waals surface area contributed by atoms with Crippen molar-refractivity contribution in [2.75, 3.05) is 20.0 Å². The number of benzene rings is 1. The number of rotatable bonds is 7. The zero-order valence-corrected chi connectivity index (χ0v) is 19.6. The zero-order chi connectivity index (χ0) is 22.7. The number of carbonyl (C=O) groups excluding carboxylic acids is 1. The van der Waals surface area contributed by atoms with Crippen molar-refractivity contribution in [2.45, 2.75) is 50.4 Å². The third kappa shape index (κ3) is 4.34. The van der Waals surface area contributed by atoms with E-state index in [1.54, 1.807) is 26.5 Å². The van der Waals surface area contributed by atoms with Crippen molar-refractivity contribution < 1.29 is 18.7 Å². The first kappa shape index (κ1) is 22.3. The molecule has 2 aromatic heterocycles. The molecule has 0 saturated carbocycles. The van der Waals surface area contributed by atoms with E-state index in [9.17, 15) is 4.79 Å². The monoisotopic (exact) mass is 456 g/mol. The molecule has 0 unspecified atom stereocenters. The molecule has 2 atom stereocenters. The Labute approximate surface area is 191 Å². The molecule has 1 aliphatic heterocycles. The van der Waals surface area contributed by atoms with Gasteiger partial charge in [-0.2, -0.15) is 0 Å². The number of thioether (sulfide) groups is 1. The molecule has 170 valence electrons. The second-order valence-corrected chi connectivity index (χ2v) is 8.82. The molecular formula is C23H28N4O4S. The molecule has 0 bridgehead atoms. The molecule has 1 aliphatic rings. The van der Waals surface area contributed by atoms with Crippen molar-refractivity contribution in [3.05, 3.63) is 36.6 Å². The summed E-state index contributed by atoms with van der Waals surface area (Å²) in [6.07, 6.45) is 4.84. The Morgan fingerprint density at radius 3 is 2.59 bits per heavy atom. The van der Waals surface area contributed by atoms with Crippen LogP contribution < -0.4 is 9.47 Å². The van der Waals surface area contributed by atoms with E-state index in [0.717, 1.165) is 19.3 Å². The lowest BCUT2D eigenvalue weighted by atomic mass is 9.98. The summed E-state index contributed by atoms with van der Waals surface area (Å²) in [5.41, 5.74) is 0.706. The summed E-state index contributed by atoms with van der Waals surface area (Å²) in [4.78, 5) is 15.1. The van der Waals surface area contributed by atoms with Crippen molar-refractivity contribution in [1.29, 1.82) is 0 Å². The second kappa shape index (κ2) is 9.68. The van der Waals surface area contributed by atoms with Gasteiger partial charge >= 0.3 is 0 Å². The molecule has 3 heterocycles. The van der Waals surface area contributed by atoms with Gasteiger partial charge in [0.25, 0.3) is 0 Å². The van der Waals surface area contributed by atoms with Crippen LogP contribution in [0.5, 0.6) is 11.5 Å². The fourth-order valence-corrected chi connectivity index (χ4v) is 5.05. The van der Waals surface area contributed by atoms with Gasteiger partial charge in [-0.25, -0.2) is 0 Å². The molecule has 9 heteroatoms. The zero-order valence-electron chi connectivity index (χ0n) is 18.8. The first-order valence-corrected chi connectivity index (χ1v) is 11.7. The Hall–Kier alpha value is -2.94. The Balaban J connectivity index is 1.69. The summed E-state index contributed by atoms with van der Waals surface area (Å²) >= 11 is 1.36. The lowest BCUT2D eigenvalue weighted by Crippen LogP contribution is -2.48. The van der Waals surface area contributed by atoms with E-state index >= 15 is 0 Å². The first-order valence-electron chi connectivity index (χ1n) is 10.7. The maximum Gasteiger partial charge on any atom is 0.233 e. The lowest BCUT2D eigenvalue weighted by molar-refractivity contribution is -0.134. The van der Waals surface area contributed by atoms with Crippen LogP contribution in [0.1, 0.15) is 33.1 Å². The molecule has 3 aromatic rings. The average Bonchev–Trinajstić information content (AvgIpc) is 3.46. The molecule has 1 saturated heterocycles. The third-order valence-electron chi connectivity index (χ3n) is 5.81. The van der Waals surface area contributed by atoms with Crippen LogP contribution in [-0.2, 0) is 4.79 Å². The van der Waals surface area contributed by atoms with E-state index in [-0.39, 0.29) is 23.7 Å². The highest BCUT2D eigenvalue weighted by Crippen LogP contribution is 2.35. The minimum atomic E-state index is 0.112. The second-order valence-electron chi connectivity index (χ2n) is 7.88. The summed E-state index contributed by atoms with van der Waals surface area (Å²) < 4.78 is 18.5. The van der Waals surface area contributed by atoms with E-state index in [0.29, 0.717) is 33.9 Å². The number of amides is 1. The van der Waals surface area contributed by atoms with Crippen LogP contribution in [0.3, 0.4) is 0 Å². The number of methoxy groups -OCH3 is 2. The average molecular weight is 457 g/mol. The standard InChI is InChI=1S/C23H28N4O4S/c1-15-7-5-8-16(2)26(15)21(28)14-32-23-25-24-22(20-9-6-12-31-20)27(23)18-13-17(29-3)10-11-19(18)30-4/h6,9-13,15-16H,5,7-8,14H2,1-4H3/t15-,16-/m0/s1. The Bertz CT molecular complexity index is 1060. The highest BCUT2D eigenvalue weighted by molar-refractivity contribution is 7.99. The van der Waals surface area contributed by atoms with E-state index in [2.05, 4.69) is 24.0 Å². The first-order chi connectivity index (χ1) is 15.5. The fraction of sp³-hybridized carbons (Fsp3) is 0.435. The van der Waals surface area contributed by atoms with Crippen LogP contribution >= 0.6 is 11.8 Å². The van der Waals surface area contributed by atoms with Gasteiger partial charge in [0.1, 0.15) is 11.5 Å². The van der Waals surface area contributed by atoms with Crippen LogP contribution in [0.4, 0.5) is 0 Å². The highest BCUT2D eigenvalue weighted by Gasteiger charge is 2.29. The van der Waals surface area contributed by atoms with Gasteiger partial charge in [0.15, 0.2) is 10.9 Å². The minimum Gasteiger partial charge on any atom is -0.497 e. The Morgan fingerprint density at radius 2 is 1.94 bits per heavy atom. The minimum absolute atomic E-state index is 0.112. The largest absolute Gasteiger partial charge is 0.497 e. The predicted molar refractivity (Wildman–Crippen MR) is 123 cm³/mol. The van der Waals surface area contributed by atoms with Crippen molar-refractivity contribution in [3.63, 3.8) is 0 Å². The summed E-state index contributed by atoms with van der Waals surface area (Å²) in [5, 5.41) is 9.32. The normalized spacial score (nSPS) is 18.6. The summed E-state index contributed by atoms with van der Waals surface area (Å²) in [6, 6.07) is 9.64. The van der Waals surface area contributed by atoms with Gasteiger partial charge in [0, 0.05) is 18.2 Å². The van der Waals surface area contributed by atoms with Crippen LogP contribution in [0.15, 0.2) is 46.2 Å². The molecular weight excluding hydrogens is 428 g/mol. The molecule has 0 N–H and O–H groups in total. The predicted octanol–water partition coefficient (Wildman–Crippen LogP) is 4.43. The van der Waals surface area contributed by atoms with Gasteiger partial charge in [-0.05, 0) is 57.4 Å². The lowest BCUT2D eigenvalue weighted by Gasteiger charge is -2.39. The van der Waals surface area contributed by atoms with Crippen LogP contribution in [0.2, 0.25) is 0 Å². The fourth-order valence-electron chi connectivity index (χ4n) is 4.23. The topological polar surface area (TPSA) is 82.6 Å². The Morgan fingerprint density at radius 1 is 1.16 bits per heavy atom. The highest BCUT2D eigenvalue weighted by atomic mass is 32.2. The molecule has 0 spiro atoms. The van der Waals surface area contributed by atoms with Gasteiger partial charge in [-0.3, -0.25) is 9.36 Å². The molecule has 32 heavy (non-hydrogen) atoms. The number of aromatic nitrogens is 3. The number of likely N-dealkylation sites (tertiary alicyclic amines) is 1. The maximum atomic E-state index is 13.1. The van der Waals surface area contributed by atoms with Crippen LogP contribution in [0, 0.1) is 0 Å². The summed E-state index contributed by atoms with van der Waals surface area (Å²) in [7, 11) is 3.22. The number of hydrogen-bond acceptors (Lipinski definition) is 7. The quantitative estimate of drug-likeness (QED) is 0.487. The van der Waals surface area contributed by atoms with Crippen molar-refractivity contribution >= 4 is 17.7 Å². The molecule has 0 radical (unpaired) electrons. The SMILES string of the molecule is COc1ccc(OC)c(-n2c(SCC(=O)N3[C@@H](C)CCC[C@@H]3C)nnc2-c2ccco2)c1. The van der Waals surface area contributed by atoms with Crippen molar-refractivity contribution in [2.24, 2.45) is 0 Å². The molecule has 4 rings (SSSR count). The maximum absolute atomic E-state index is 13.1. The van der Waals surface area contributed by atoms with Crippen molar-refractivity contribution in [3.8, 4) is 28.8 Å². The van der Waals surface area contributed by atoms with Gasteiger partial charge < -0.3 is 18.8 Å². The Kier molecular flexibility index (Phi) is 6.74. The van der Waals surface area contributed by atoms with E-state index in [4.69, 9.17) is 13.9 Å². The van der Waals surface area contributed by atoms with Crippen LogP contribution in [-0.4, -0.2) is 57.6 Å².